The third kappa shape index (κ3) is 4.61. The Labute approximate surface area is 202 Å². The molecule has 2 aliphatic carbocycles. The van der Waals surface area contributed by atoms with Gasteiger partial charge in [-0.2, -0.15) is 0 Å². The Balaban J connectivity index is 2.02. The van der Waals surface area contributed by atoms with Crippen LogP contribution in [0.3, 0.4) is 0 Å². The van der Waals surface area contributed by atoms with Crippen molar-refractivity contribution in [3.8, 4) is 17.2 Å². The molecule has 2 saturated carbocycles. The van der Waals surface area contributed by atoms with Crippen molar-refractivity contribution in [3.05, 3.63) is 28.8 Å². The van der Waals surface area contributed by atoms with Gasteiger partial charge >= 0.3 is 0 Å². The fourth-order valence-corrected chi connectivity index (χ4v) is 6.37. The molecule has 0 heterocycles. The summed E-state index contributed by atoms with van der Waals surface area (Å²) in [7, 11) is 0. The van der Waals surface area contributed by atoms with E-state index in [1.807, 2.05) is 27.7 Å². The molecule has 0 spiro atoms. The van der Waals surface area contributed by atoms with Gasteiger partial charge < -0.3 is 20.4 Å². The maximum atomic E-state index is 12.8. The molecule has 1 unspecified atom stereocenters. The van der Waals surface area contributed by atoms with Gasteiger partial charge in [0.25, 0.3) is 0 Å². The van der Waals surface area contributed by atoms with Crippen molar-refractivity contribution < 1.29 is 30.0 Å². The molecule has 4 N–H and O–H groups in total. The Bertz CT molecular complexity index is 986. The van der Waals surface area contributed by atoms with Crippen molar-refractivity contribution in [2.45, 2.75) is 85.2 Å². The van der Waals surface area contributed by atoms with Crippen LogP contribution in [0.15, 0.2) is 12.2 Å². The lowest BCUT2D eigenvalue weighted by molar-refractivity contribution is -0.0590. The molecular weight excluding hydrogens is 432 g/mol. The predicted octanol–water partition coefficient (Wildman–Crippen LogP) is 5.55. The molecule has 0 bridgehead atoms. The van der Waals surface area contributed by atoms with Crippen molar-refractivity contribution in [1.29, 1.82) is 0 Å². The highest BCUT2D eigenvalue weighted by Gasteiger charge is 2.50. The maximum absolute atomic E-state index is 12.8. The summed E-state index contributed by atoms with van der Waals surface area (Å²) in [6.07, 6.45) is 4.91. The lowest BCUT2D eigenvalue weighted by Crippen LogP contribution is -2.48. The number of hydrogen-bond donors (Lipinski definition) is 4. The molecule has 3 rings (SSSR count). The number of hydrogen-bond acceptors (Lipinski definition) is 6. The molecular formula is C28H40O6. The highest BCUT2D eigenvalue weighted by molar-refractivity contribution is 6.05. The minimum Gasteiger partial charge on any atom is -0.507 e. The molecule has 0 aromatic heterocycles. The Kier molecular flexibility index (Phi) is 7.24. The number of carbonyl (C=O) groups excluding carboxylic acids is 2. The van der Waals surface area contributed by atoms with Gasteiger partial charge in [-0.3, -0.25) is 9.59 Å². The van der Waals surface area contributed by atoms with Gasteiger partial charge in [-0.15, -0.1) is 0 Å². The summed E-state index contributed by atoms with van der Waals surface area (Å²) in [6, 6.07) is 0. The summed E-state index contributed by atoms with van der Waals surface area (Å²) in [5, 5.41) is 43.1. The maximum Gasteiger partial charge on any atom is 0.170 e. The number of ketones is 1. The van der Waals surface area contributed by atoms with Crippen LogP contribution in [0.1, 0.15) is 99.4 Å². The second-order valence-corrected chi connectivity index (χ2v) is 11.7. The lowest BCUT2D eigenvalue weighted by atomic mass is 9.50. The van der Waals surface area contributed by atoms with Crippen molar-refractivity contribution in [1.82, 2.24) is 0 Å². The van der Waals surface area contributed by atoms with Crippen LogP contribution in [-0.4, -0.2) is 38.1 Å². The minimum absolute atomic E-state index is 0.00165. The Hall–Kier alpha value is -2.34. The molecule has 6 nitrogen and oxygen atoms in total. The molecule has 2 fully saturated rings. The van der Waals surface area contributed by atoms with Gasteiger partial charge in [0.15, 0.2) is 12.1 Å². The van der Waals surface area contributed by atoms with E-state index >= 15 is 0 Å². The van der Waals surface area contributed by atoms with Crippen molar-refractivity contribution >= 4 is 12.1 Å². The summed E-state index contributed by atoms with van der Waals surface area (Å²) >= 11 is 0. The lowest BCUT2D eigenvalue weighted by Gasteiger charge is -2.55. The van der Waals surface area contributed by atoms with Gasteiger partial charge in [0.2, 0.25) is 0 Å². The number of phenolic OH excluding ortho intramolecular Hbond substituents is 3. The molecule has 0 radical (unpaired) electrons. The first-order valence-electron chi connectivity index (χ1n) is 12.4. The number of phenols is 3. The molecule has 0 amide bonds. The minimum atomic E-state index is -0.771. The molecule has 4 atom stereocenters. The Morgan fingerprint density at radius 1 is 1.18 bits per heavy atom. The van der Waals surface area contributed by atoms with Crippen LogP contribution in [0.4, 0.5) is 0 Å². The normalized spacial score (nSPS) is 27.5. The third-order valence-corrected chi connectivity index (χ3v) is 8.58. The molecule has 6 heteroatoms. The SMILES string of the molecule is C=C1CC[C@@H](Cc2c(O)c(C=O)c(O)c(C(=O)CC(C)C)c2O)[C@]2(C)CCC(C(C)(C)O)C[C@@H]12. The molecule has 0 aliphatic heterocycles. The zero-order chi connectivity index (χ0) is 25.6. The van der Waals surface area contributed by atoms with E-state index in [0.29, 0.717) is 6.29 Å². The fraction of sp³-hybridized carbons (Fsp3) is 0.643. The number of rotatable bonds is 7. The van der Waals surface area contributed by atoms with Crippen LogP contribution in [0.5, 0.6) is 17.2 Å². The van der Waals surface area contributed by atoms with Crippen LogP contribution >= 0.6 is 0 Å². The van der Waals surface area contributed by atoms with Crippen LogP contribution in [0.2, 0.25) is 0 Å². The summed E-state index contributed by atoms with van der Waals surface area (Å²) in [5.74, 6) is -1.57. The zero-order valence-corrected chi connectivity index (χ0v) is 21.1. The summed E-state index contributed by atoms with van der Waals surface area (Å²) < 4.78 is 0. The summed E-state index contributed by atoms with van der Waals surface area (Å²) in [4.78, 5) is 24.5. The van der Waals surface area contributed by atoms with E-state index in [0.717, 1.165) is 32.1 Å². The van der Waals surface area contributed by atoms with E-state index in [9.17, 15) is 30.0 Å². The van der Waals surface area contributed by atoms with Gasteiger partial charge in [0.1, 0.15) is 22.8 Å². The van der Waals surface area contributed by atoms with Gasteiger partial charge in [0.05, 0.1) is 11.2 Å². The largest absolute Gasteiger partial charge is 0.507 e. The zero-order valence-electron chi connectivity index (χ0n) is 21.1. The second-order valence-electron chi connectivity index (χ2n) is 11.7. The number of carbonyl (C=O) groups is 2. The molecule has 0 saturated heterocycles. The first-order chi connectivity index (χ1) is 15.7. The van der Waals surface area contributed by atoms with Crippen LogP contribution in [0, 0.1) is 29.1 Å². The Morgan fingerprint density at radius 2 is 1.82 bits per heavy atom. The number of fused-ring (bicyclic) bond motifs is 1. The Morgan fingerprint density at radius 3 is 2.38 bits per heavy atom. The second kappa shape index (κ2) is 9.37. The number of allylic oxidation sites excluding steroid dienone is 1. The molecule has 1 aromatic rings. The number of aromatic hydroxyl groups is 3. The molecule has 34 heavy (non-hydrogen) atoms. The highest BCUT2D eigenvalue weighted by Crippen LogP contribution is 2.59. The van der Waals surface area contributed by atoms with E-state index in [-0.39, 0.29) is 58.6 Å². The fourth-order valence-electron chi connectivity index (χ4n) is 6.37. The third-order valence-electron chi connectivity index (χ3n) is 8.58. The van der Waals surface area contributed by atoms with Crippen LogP contribution < -0.4 is 0 Å². The summed E-state index contributed by atoms with van der Waals surface area (Å²) in [5.41, 5.74) is -0.240. The van der Waals surface area contributed by atoms with E-state index in [1.165, 1.54) is 5.57 Å². The number of Topliss-reactive ketones (excluding diaryl/α,β-unsaturated/α-hetero) is 1. The van der Waals surface area contributed by atoms with E-state index < -0.39 is 28.6 Å². The predicted molar refractivity (Wildman–Crippen MR) is 131 cm³/mol. The first-order valence-corrected chi connectivity index (χ1v) is 12.4. The standard InChI is InChI=1S/C28H40O6/c1-15(2)11-22(30)23-25(32)19(24(31)20(14-29)26(23)33)12-18-8-7-16(3)21-13-17(27(4,5)34)9-10-28(18,21)6/h14-15,17-18,21,31-34H,3,7-13H2,1-2,4-6H3/t17?,18-,21-,28-/m0/s1. The average Bonchev–Trinajstić information content (AvgIpc) is 2.71. The molecule has 188 valence electrons. The van der Waals surface area contributed by atoms with E-state index in [4.69, 9.17) is 0 Å². The van der Waals surface area contributed by atoms with Crippen molar-refractivity contribution in [3.63, 3.8) is 0 Å². The summed E-state index contributed by atoms with van der Waals surface area (Å²) in [6.45, 7) is 14.0. The average molecular weight is 473 g/mol. The van der Waals surface area contributed by atoms with E-state index in [1.54, 1.807) is 0 Å². The van der Waals surface area contributed by atoms with Crippen molar-refractivity contribution in [2.75, 3.05) is 0 Å². The smallest absolute Gasteiger partial charge is 0.170 e. The van der Waals surface area contributed by atoms with Gasteiger partial charge in [-0.05, 0) is 81.5 Å². The first kappa shape index (κ1) is 26.3. The van der Waals surface area contributed by atoms with Gasteiger partial charge in [-0.1, -0.05) is 32.9 Å². The van der Waals surface area contributed by atoms with Crippen LogP contribution in [-0.2, 0) is 6.42 Å². The van der Waals surface area contributed by atoms with Gasteiger partial charge in [0, 0.05) is 12.0 Å². The van der Waals surface area contributed by atoms with Crippen LogP contribution in [0.25, 0.3) is 0 Å². The monoisotopic (exact) mass is 472 g/mol. The quantitative estimate of drug-likeness (QED) is 0.235. The number of aliphatic hydroxyl groups is 1. The highest BCUT2D eigenvalue weighted by atomic mass is 16.3. The number of benzene rings is 1. The molecule has 1 aromatic carbocycles. The topological polar surface area (TPSA) is 115 Å². The van der Waals surface area contributed by atoms with Crippen molar-refractivity contribution in [2.24, 2.45) is 29.1 Å². The van der Waals surface area contributed by atoms with E-state index in [2.05, 4.69) is 13.5 Å². The van der Waals surface area contributed by atoms with Gasteiger partial charge in [-0.25, -0.2) is 0 Å². The number of aldehydes is 1. The molecule has 2 aliphatic rings.